The molecule has 0 saturated heterocycles. The summed E-state index contributed by atoms with van der Waals surface area (Å²) in [6.45, 7) is 1.97. The monoisotopic (exact) mass is 289 g/mol. The number of rotatable bonds is 6. The van der Waals surface area contributed by atoms with Gasteiger partial charge in [0.1, 0.15) is 0 Å². The molecule has 0 heterocycles. The zero-order chi connectivity index (χ0) is 13.7. The molecule has 0 aliphatic carbocycles. The number of halogens is 1. The standard InChI is InChI=1S/C12H16ClNO3S/c1-8(5-6-18(2)17)14-11-4-3-9(12(15)16)7-10(11)13/h3-4,7-8,14H,5-6H2,1-2H3,(H,15,16). The Hall–Kier alpha value is -1.07. The third-order valence-electron chi connectivity index (χ3n) is 2.46. The molecule has 0 fully saturated rings. The highest BCUT2D eigenvalue weighted by atomic mass is 35.5. The molecule has 1 rings (SSSR count). The molecule has 2 unspecified atom stereocenters. The highest BCUT2D eigenvalue weighted by Crippen LogP contribution is 2.24. The normalized spacial score (nSPS) is 13.9. The zero-order valence-electron chi connectivity index (χ0n) is 10.3. The summed E-state index contributed by atoms with van der Waals surface area (Å²) in [5.74, 6) is -0.378. The van der Waals surface area contributed by atoms with Crippen LogP contribution in [0.4, 0.5) is 5.69 Å². The summed E-state index contributed by atoms with van der Waals surface area (Å²) in [4.78, 5) is 10.8. The van der Waals surface area contributed by atoms with Gasteiger partial charge >= 0.3 is 5.97 Å². The van der Waals surface area contributed by atoms with E-state index in [9.17, 15) is 9.00 Å². The van der Waals surface area contributed by atoms with Crippen LogP contribution in [-0.4, -0.2) is 33.3 Å². The van der Waals surface area contributed by atoms with Gasteiger partial charge in [0, 0.05) is 28.9 Å². The van der Waals surface area contributed by atoms with Crippen molar-refractivity contribution >= 4 is 34.1 Å². The number of carboxylic acid groups (broad SMARTS) is 1. The molecule has 0 aliphatic rings. The quantitative estimate of drug-likeness (QED) is 0.845. The number of benzene rings is 1. The van der Waals surface area contributed by atoms with Gasteiger partial charge in [-0.25, -0.2) is 4.79 Å². The predicted octanol–water partition coefficient (Wildman–Crippen LogP) is 2.61. The van der Waals surface area contributed by atoms with Gasteiger partial charge in [-0.05, 0) is 31.5 Å². The van der Waals surface area contributed by atoms with Crippen molar-refractivity contribution < 1.29 is 14.1 Å². The average molecular weight is 290 g/mol. The van der Waals surface area contributed by atoms with E-state index in [1.165, 1.54) is 12.1 Å². The molecule has 0 aromatic heterocycles. The van der Waals surface area contributed by atoms with E-state index >= 15 is 0 Å². The van der Waals surface area contributed by atoms with Crippen molar-refractivity contribution in [3.63, 3.8) is 0 Å². The van der Waals surface area contributed by atoms with Crippen molar-refractivity contribution in [3.8, 4) is 0 Å². The van der Waals surface area contributed by atoms with E-state index < -0.39 is 16.8 Å². The number of aromatic carboxylic acids is 1. The minimum atomic E-state index is -1.00. The summed E-state index contributed by atoms with van der Waals surface area (Å²) in [6.07, 6.45) is 2.43. The van der Waals surface area contributed by atoms with Gasteiger partial charge in [0.25, 0.3) is 0 Å². The summed E-state index contributed by atoms with van der Waals surface area (Å²) in [5.41, 5.74) is 0.851. The lowest BCUT2D eigenvalue weighted by Gasteiger charge is -2.16. The third-order valence-corrected chi connectivity index (χ3v) is 3.58. The second-order valence-electron chi connectivity index (χ2n) is 4.11. The van der Waals surface area contributed by atoms with Gasteiger partial charge in [-0.15, -0.1) is 0 Å². The van der Waals surface area contributed by atoms with Crippen molar-refractivity contribution in [2.45, 2.75) is 19.4 Å². The lowest BCUT2D eigenvalue weighted by Crippen LogP contribution is -2.18. The number of anilines is 1. The molecule has 0 aliphatic heterocycles. The predicted molar refractivity (Wildman–Crippen MR) is 75.0 cm³/mol. The molecule has 18 heavy (non-hydrogen) atoms. The molecule has 4 nitrogen and oxygen atoms in total. The Morgan fingerprint density at radius 3 is 2.72 bits per heavy atom. The van der Waals surface area contributed by atoms with Gasteiger partial charge in [-0.1, -0.05) is 11.6 Å². The summed E-state index contributed by atoms with van der Waals surface area (Å²) in [7, 11) is -0.810. The van der Waals surface area contributed by atoms with Crippen molar-refractivity contribution in [1.29, 1.82) is 0 Å². The van der Waals surface area contributed by atoms with Gasteiger partial charge in [0.15, 0.2) is 0 Å². The Kier molecular flexibility index (Phi) is 5.62. The summed E-state index contributed by atoms with van der Waals surface area (Å²) in [6, 6.07) is 4.69. The van der Waals surface area contributed by atoms with Crippen molar-refractivity contribution in [3.05, 3.63) is 28.8 Å². The molecule has 2 N–H and O–H groups in total. The first kappa shape index (κ1) is 15.0. The Morgan fingerprint density at radius 1 is 1.56 bits per heavy atom. The first-order valence-corrected chi connectivity index (χ1v) is 7.60. The smallest absolute Gasteiger partial charge is 0.335 e. The van der Waals surface area contributed by atoms with Gasteiger partial charge in [0.2, 0.25) is 0 Å². The fourth-order valence-electron chi connectivity index (χ4n) is 1.45. The second kappa shape index (κ2) is 6.75. The van der Waals surface area contributed by atoms with Gasteiger partial charge in [-0.2, -0.15) is 0 Å². The Morgan fingerprint density at radius 2 is 2.22 bits per heavy atom. The molecule has 1 aromatic carbocycles. The lowest BCUT2D eigenvalue weighted by molar-refractivity contribution is 0.0697. The van der Waals surface area contributed by atoms with E-state index in [4.69, 9.17) is 16.7 Å². The molecular formula is C12H16ClNO3S. The van der Waals surface area contributed by atoms with Crippen LogP contribution >= 0.6 is 11.6 Å². The van der Waals surface area contributed by atoms with Crippen LogP contribution in [0.3, 0.4) is 0 Å². The molecule has 0 saturated carbocycles. The Labute approximate surface area is 114 Å². The van der Waals surface area contributed by atoms with Gasteiger partial charge < -0.3 is 10.4 Å². The minimum Gasteiger partial charge on any atom is -0.478 e. The second-order valence-corrected chi connectivity index (χ2v) is 6.07. The number of hydrogen-bond donors (Lipinski definition) is 2. The molecule has 0 radical (unpaired) electrons. The highest BCUT2D eigenvalue weighted by Gasteiger charge is 2.09. The van der Waals surface area contributed by atoms with Crippen LogP contribution in [-0.2, 0) is 10.8 Å². The molecular weight excluding hydrogens is 274 g/mol. The fourth-order valence-corrected chi connectivity index (χ4v) is 2.37. The molecule has 2 atom stereocenters. The van der Waals surface area contributed by atoms with Crippen molar-refractivity contribution in [2.24, 2.45) is 0 Å². The lowest BCUT2D eigenvalue weighted by atomic mass is 10.2. The maximum absolute atomic E-state index is 11.0. The van der Waals surface area contributed by atoms with Crippen LogP contribution in [0.25, 0.3) is 0 Å². The van der Waals surface area contributed by atoms with E-state index in [0.717, 1.165) is 6.42 Å². The molecule has 0 spiro atoms. The first-order chi connectivity index (χ1) is 8.40. The highest BCUT2D eigenvalue weighted by molar-refractivity contribution is 7.84. The van der Waals surface area contributed by atoms with Crippen molar-refractivity contribution in [1.82, 2.24) is 0 Å². The SMILES string of the molecule is CC(CCS(C)=O)Nc1ccc(C(=O)O)cc1Cl. The average Bonchev–Trinajstić information content (AvgIpc) is 2.29. The topological polar surface area (TPSA) is 66.4 Å². The van der Waals surface area contributed by atoms with Crippen LogP contribution in [0, 0.1) is 0 Å². The molecule has 1 aromatic rings. The van der Waals surface area contributed by atoms with Crippen molar-refractivity contribution in [2.75, 3.05) is 17.3 Å². The third kappa shape index (κ3) is 4.66. The number of nitrogens with one attached hydrogen (secondary N) is 1. The Bertz CT molecular complexity index is 465. The van der Waals surface area contributed by atoms with Crippen LogP contribution in [0.15, 0.2) is 18.2 Å². The van der Waals surface area contributed by atoms with Crippen LogP contribution in [0.2, 0.25) is 5.02 Å². The van der Waals surface area contributed by atoms with Crippen LogP contribution in [0.1, 0.15) is 23.7 Å². The first-order valence-electron chi connectivity index (χ1n) is 5.49. The number of carbonyl (C=O) groups is 1. The van der Waals surface area contributed by atoms with E-state index in [0.29, 0.717) is 16.5 Å². The van der Waals surface area contributed by atoms with E-state index in [1.807, 2.05) is 6.92 Å². The number of carboxylic acids is 1. The van der Waals surface area contributed by atoms with E-state index in [1.54, 1.807) is 12.3 Å². The summed E-state index contributed by atoms with van der Waals surface area (Å²) in [5, 5.41) is 12.4. The van der Waals surface area contributed by atoms with Gasteiger partial charge in [0.05, 0.1) is 16.3 Å². The molecule has 0 amide bonds. The molecule has 100 valence electrons. The van der Waals surface area contributed by atoms with E-state index in [2.05, 4.69) is 5.32 Å². The van der Waals surface area contributed by atoms with Gasteiger partial charge in [-0.3, -0.25) is 4.21 Å². The number of hydrogen-bond acceptors (Lipinski definition) is 3. The maximum Gasteiger partial charge on any atom is 0.335 e. The molecule has 0 bridgehead atoms. The Balaban J connectivity index is 2.67. The van der Waals surface area contributed by atoms with Crippen LogP contribution < -0.4 is 5.32 Å². The minimum absolute atomic E-state index is 0.127. The summed E-state index contributed by atoms with van der Waals surface area (Å²) < 4.78 is 11.0. The fraction of sp³-hybridized carbons (Fsp3) is 0.417. The maximum atomic E-state index is 11.0. The molecule has 6 heteroatoms. The zero-order valence-corrected chi connectivity index (χ0v) is 11.8. The van der Waals surface area contributed by atoms with Crippen LogP contribution in [0.5, 0.6) is 0 Å². The summed E-state index contributed by atoms with van der Waals surface area (Å²) >= 11 is 5.99. The largest absolute Gasteiger partial charge is 0.478 e. The van der Waals surface area contributed by atoms with E-state index in [-0.39, 0.29) is 11.6 Å².